The van der Waals surface area contributed by atoms with Gasteiger partial charge in [0.25, 0.3) is 0 Å². The van der Waals surface area contributed by atoms with Gasteiger partial charge in [-0.2, -0.15) is 4.58 Å². The number of amides is 1. The molecule has 5 nitrogen and oxygen atoms in total. The van der Waals surface area contributed by atoms with Crippen molar-refractivity contribution >= 4 is 23.2 Å². The molecule has 4 aromatic rings. The topological polar surface area (TPSA) is 35.8 Å². The molecule has 2 heterocycles. The molecule has 0 fully saturated rings. The molecule has 0 unspecified atom stereocenters. The number of anilines is 1. The standard InChI is InChI=1S/C47H50N3O2/c1-46(2)38-24-13-15-26-40(38)48(5)42(46)30-28-36-22-17-23-37(29-31-43-47(3,4)39-25-14-16-27-41(39)49(43)6)44(36)50(32-34-18-9-7-10-19-34)45(51)52-33-35-20-11-8-12-21-35/h7-16,18-21,24-31H,17,22-23,32-33H2,1-6H3/q+1. The lowest BCUT2D eigenvalue weighted by molar-refractivity contribution is -0.401. The number of carbonyl (C=O) groups excluding carboxylic acids is 1. The molecule has 0 N–H and O–H groups in total. The first-order chi connectivity index (χ1) is 25.1. The van der Waals surface area contributed by atoms with Crippen molar-refractivity contribution in [3.05, 3.63) is 178 Å². The van der Waals surface area contributed by atoms with Crippen LogP contribution < -0.4 is 4.90 Å². The zero-order valence-corrected chi connectivity index (χ0v) is 31.4. The molecule has 0 spiro atoms. The minimum Gasteiger partial charge on any atom is -0.444 e. The maximum absolute atomic E-state index is 14.4. The fourth-order valence-electron chi connectivity index (χ4n) is 8.34. The van der Waals surface area contributed by atoms with Gasteiger partial charge in [0.05, 0.1) is 17.7 Å². The molecule has 5 heteroatoms. The first kappa shape index (κ1) is 35.0. The number of rotatable bonds is 8. The summed E-state index contributed by atoms with van der Waals surface area (Å²) in [5.41, 5.74) is 12.5. The van der Waals surface area contributed by atoms with E-state index in [0.717, 1.165) is 47.2 Å². The van der Waals surface area contributed by atoms with Crippen molar-refractivity contribution in [2.75, 3.05) is 19.0 Å². The molecule has 52 heavy (non-hydrogen) atoms. The van der Waals surface area contributed by atoms with E-state index in [1.54, 1.807) is 0 Å². The maximum Gasteiger partial charge on any atom is 0.414 e. The minimum absolute atomic E-state index is 0.160. The van der Waals surface area contributed by atoms with Crippen LogP contribution in [0.1, 0.15) is 69.2 Å². The molecule has 264 valence electrons. The summed E-state index contributed by atoms with van der Waals surface area (Å²) >= 11 is 0. The summed E-state index contributed by atoms with van der Waals surface area (Å²) in [5.74, 6) is 0. The van der Waals surface area contributed by atoms with E-state index in [-0.39, 0.29) is 23.5 Å². The third kappa shape index (κ3) is 6.56. The third-order valence-corrected chi connectivity index (χ3v) is 11.1. The van der Waals surface area contributed by atoms with E-state index in [2.05, 4.69) is 136 Å². The summed E-state index contributed by atoms with van der Waals surface area (Å²) in [6.45, 7) is 9.79. The second kappa shape index (κ2) is 14.3. The maximum atomic E-state index is 14.4. The monoisotopic (exact) mass is 688 g/mol. The van der Waals surface area contributed by atoms with Crippen molar-refractivity contribution < 1.29 is 14.1 Å². The number of hydrogen-bond donors (Lipinski definition) is 0. The zero-order chi connectivity index (χ0) is 36.5. The Kier molecular flexibility index (Phi) is 9.63. The number of allylic oxidation sites excluding steroid dienone is 7. The number of fused-ring (bicyclic) bond motifs is 2. The summed E-state index contributed by atoms with van der Waals surface area (Å²) in [4.78, 5) is 18.6. The average molecular weight is 689 g/mol. The second-order valence-corrected chi connectivity index (χ2v) is 15.2. The Morgan fingerprint density at radius 1 is 0.769 bits per heavy atom. The molecule has 0 saturated heterocycles. The number of carbonyl (C=O) groups is 1. The van der Waals surface area contributed by atoms with Gasteiger partial charge in [-0.05, 0) is 73.1 Å². The average Bonchev–Trinajstić information content (AvgIpc) is 3.48. The highest BCUT2D eigenvalue weighted by Crippen LogP contribution is 2.47. The predicted molar refractivity (Wildman–Crippen MR) is 213 cm³/mol. The molecule has 1 amide bonds. The van der Waals surface area contributed by atoms with Crippen molar-refractivity contribution in [2.24, 2.45) is 0 Å². The molecule has 2 aliphatic heterocycles. The van der Waals surface area contributed by atoms with Crippen LogP contribution in [-0.2, 0) is 28.7 Å². The van der Waals surface area contributed by atoms with Gasteiger partial charge in [0, 0.05) is 41.6 Å². The molecule has 1 aliphatic carbocycles. The highest BCUT2D eigenvalue weighted by molar-refractivity contribution is 6.03. The summed E-state index contributed by atoms with van der Waals surface area (Å²) < 4.78 is 8.42. The SMILES string of the molecule is CN1/C(=C/C=C2\CCCC(/C=C/C3=[N+](C)c4ccccc4C3(C)C)=C2N(Cc2ccccc2)C(=O)OCc2ccccc2)C(C)(C)c2ccccc21. The Balaban J connectivity index is 1.35. The lowest BCUT2D eigenvalue weighted by atomic mass is 9.81. The Bertz CT molecular complexity index is 2130. The van der Waals surface area contributed by atoms with Crippen LogP contribution in [0.2, 0.25) is 0 Å². The highest BCUT2D eigenvalue weighted by atomic mass is 16.6. The van der Waals surface area contributed by atoms with Gasteiger partial charge in [-0.3, -0.25) is 4.90 Å². The molecule has 0 saturated carbocycles. The van der Waals surface area contributed by atoms with Crippen molar-refractivity contribution in [3.63, 3.8) is 0 Å². The zero-order valence-electron chi connectivity index (χ0n) is 31.4. The van der Waals surface area contributed by atoms with Crippen LogP contribution in [0.15, 0.2) is 156 Å². The molecule has 7 rings (SSSR count). The van der Waals surface area contributed by atoms with E-state index in [4.69, 9.17) is 4.74 Å². The van der Waals surface area contributed by atoms with Crippen LogP contribution in [0.5, 0.6) is 0 Å². The molecule has 0 atom stereocenters. The van der Waals surface area contributed by atoms with E-state index in [0.29, 0.717) is 6.54 Å². The number of para-hydroxylation sites is 2. The van der Waals surface area contributed by atoms with E-state index in [1.165, 1.54) is 33.9 Å². The first-order valence-corrected chi connectivity index (χ1v) is 18.5. The van der Waals surface area contributed by atoms with Gasteiger partial charge < -0.3 is 9.64 Å². The van der Waals surface area contributed by atoms with Gasteiger partial charge in [0.15, 0.2) is 5.71 Å². The van der Waals surface area contributed by atoms with E-state index in [1.807, 2.05) is 53.4 Å². The minimum atomic E-state index is -0.349. The van der Waals surface area contributed by atoms with Gasteiger partial charge in [-0.25, -0.2) is 4.79 Å². The largest absolute Gasteiger partial charge is 0.444 e. The normalized spacial score (nSPS) is 19.1. The van der Waals surface area contributed by atoms with Crippen LogP contribution >= 0.6 is 0 Å². The van der Waals surface area contributed by atoms with Crippen molar-refractivity contribution in [3.8, 4) is 0 Å². The van der Waals surface area contributed by atoms with Crippen molar-refractivity contribution in [2.45, 2.75) is 70.9 Å². The quantitative estimate of drug-likeness (QED) is 0.173. The van der Waals surface area contributed by atoms with Gasteiger partial charge in [0.1, 0.15) is 13.7 Å². The van der Waals surface area contributed by atoms with Gasteiger partial charge in [-0.15, -0.1) is 0 Å². The number of likely N-dealkylation sites (N-methyl/N-ethyl adjacent to an activating group) is 1. The Labute approximate surface area is 309 Å². The molecule has 3 aliphatic rings. The van der Waals surface area contributed by atoms with Crippen LogP contribution in [0, 0.1) is 0 Å². The van der Waals surface area contributed by atoms with Gasteiger partial charge >= 0.3 is 6.09 Å². The van der Waals surface area contributed by atoms with Crippen LogP contribution in [0.4, 0.5) is 16.2 Å². The number of hydrogen-bond acceptors (Lipinski definition) is 3. The van der Waals surface area contributed by atoms with Crippen LogP contribution in [0.25, 0.3) is 0 Å². The van der Waals surface area contributed by atoms with E-state index < -0.39 is 0 Å². The summed E-state index contributed by atoms with van der Waals surface area (Å²) in [5, 5.41) is 0. The Morgan fingerprint density at radius 3 is 2.10 bits per heavy atom. The number of ether oxygens (including phenoxy) is 1. The van der Waals surface area contributed by atoms with Crippen molar-refractivity contribution in [1.82, 2.24) is 4.90 Å². The lowest BCUT2D eigenvalue weighted by Crippen LogP contribution is -2.33. The van der Waals surface area contributed by atoms with Gasteiger partial charge in [0.2, 0.25) is 5.69 Å². The molecular weight excluding hydrogens is 639 g/mol. The lowest BCUT2D eigenvalue weighted by Gasteiger charge is -2.32. The van der Waals surface area contributed by atoms with Crippen LogP contribution in [-0.4, -0.2) is 35.4 Å². The first-order valence-electron chi connectivity index (χ1n) is 18.5. The summed E-state index contributed by atoms with van der Waals surface area (Å²) in [6.07, 6.45) is 11.4. The highest BCUT2D eigenvalue weighted by Gasteiger charge is 2.43. The fourth-order valence-corrected chi connectivity index (χ4v) is 8.34. The third-order valence-electron chi connectivity index (χ3n) is 11.1. The Hall–Kier alpha value is -5.42. The smallest absolute Gasteiger partial charge is 0.414 e. The fraction of sp³-hybridized carbons (Fsp3) is 0.277. The van der Waals surface area contributed by atoms with E-state index >= 15 is 0 Å². The van der Waals surface area contributed by atoms with Gasteiger partial charge in [-0.1, -0.05) is 123 Å². The number of benzene rings is 4. The molecule has 0 radical (unpaired) electrons. The number of nitrogens with zero attached hydrogens (tertiary/aromatic N) is 3. The molecular formula is C47H50N3O2+. The summed E-state index contributed by atoms with van der Waals surface area (Å²) in [6, 6.07) is 37.5. The Morgan fingerprint density at radius 2 is 1.40 bits per heavy atom. The predicted octanol–water partition coefficient (Wildman–Crippen LogP) is 10.8. The molecule has 0 bridgehead atoms. The van der Waals surface area contributed by atoms with Crippen molar-refractivity contribution in [1.29, 1.82) is 0 Å². The second-order valence-electron chi connectivity index (χ2n) is 15.2. The summed E-state index contributed by atoms with van der Waals surface area (Å²) in [7, 11) is 4.31. The van der Waals surface area contributed by atoms with E-state index in [9.17, 15) is 4.79 Å². The van der Waals surface area contributed by atoms with Crippen LogP contribution in [0.3, 0.4) is 0 Å². The molecule has 4 aromatic carbocycles. The molecule has 0 aromatic heterocycles.